The van der Waals surface area contributed by atoms with Crippen molar-refractivity contribution >= 4 is 17.2 Å². The summed E-state index contributed by atoms with van der Waals surface area (Å²) in [5, 5.41) is 7.49. The minimum atomic E-state index is -0.115. The van der Waals surface area contributed by atoms with Crippen LogP contribution in [-0.4, -0.2) is 36.4 Å². The van der Waals surface area contributed by atoms with E-state index >= 15 is 0 Å². The van der Waals surface area contributed by atoms with Crippen molar-refractivity contribution in [3.63, 3.8) is 0 Å². The lowest BCUT2D eigenvalue weighted by Crippen LogP contribution is -2.62. The Morgan fingerprint density at radius 3 is 2.56 bits per heavy atom. The van der Waals surface area contributed by atoms with Crippen molar-refractivity contribution in [1.82, 2.24) is 4.90 Å². The Kier molecular flexibility index (Phi) is 4.22. The van der Waals surface area contributed by atoms with Crippen LogP contribution in [0.25, 0.3) is 0 Å². The molecule has 2 heterocycles. The molecule has 130 valence electrons. The van der Waals surface area contributed by atoms with Gasteiger partial charge in [0.2, 0.25) is 0 Å². The Labute approximate surface area is 150 Å². The molecule has 1 fully saturated rings. The second-order valence-corrected chi connectivity index (χ2v) is 7.33. The van der Waals surface area contributed by atoms with Crippen molar-refractivity contribution in [3.8, 4) is 0 Å². The van der Waals surface area contributed by atoms with E-state index in [4.69, 9.17) is 4.99 Å². The first-order valence-electron chi connectivity index (χ1n) is 9.09. The van der Waals surface area contributed by atoms with Crippen molar-refractivity contribution in [3.05, 3.63) is 60.2 Å². The first-order valence-corrected chi connectivity index (χ1v) is 9.09. The molecule has 4 rings (SSSR count). The molecule has 1 spiro atoms. The summed E-state index contributed by atoms with van der Waals surface area (Å²) in [6.45, 7) is 5.18. The van der Waals surface area contributed by atoms with Crippen LogP contribution in [0.4, 0.5) is 11.4 Å². The van der Waals surface area contributed by atoms with Crippen LogP contribution in [0.5, 0.6) is 0 Å². The summed E-state index contributed by atoms with van der Waals surface area (Å²) in [5.74, 6) is 1.55. The lowest BCUT2D eigenvalue weighted by Gasteiger charge is -2.50. The fourth-order valence-corrected chi connectivity index (χ4v) is 4.04. The second kappa shape index (κ2) is 6.52. The number of para-hydroxylation sites is 2. The van der Waals surface area contributed by atoms with E-state index in [-0.39, 0.29) is 5.54 Å². The minimum Gasteiger partial charge on any atom is -0.371 e. The maximum absolute atomic E-state index is 5.03. The van der Waals surface area contributed by atoms with Crippen LogP contribution in [0.2, 0.25) is 0 Å². The van der Waals surface area contributed by atoms with E-state index in [0.717, 1.165) is 31.0 Å². The van der Waals surface area contributed by atoms with E-state index in [0.29, 0.717) is 12.5 Å². The third kappa shape index (κ3) is 3.02. The number of nitrogens with zero attached hydrogens (tertiary/aromatic N) is 2. The second-order valence-electron chi connectivity index (χ2n) is 7.33. The number of piperidine rings is 1. The van der Waals surface area contributed by atoms with Crippen molar-refractivity contribution in [2.75, 3.05) is 30.8 Å². The molecule has 0 aromatic heterocycles. The molecule has 1 saturated heterocycles. The van der Waals surface area contributed by atoms with Gasteiger partial charge in [0.15, 0.2) is 0 Å². The zero-order chi connectivity index (χ0) is 17.3. The molecule has 2 aliphatic heterocycles. The van der Waals surface area contributed by atoms with Crippen LogP contribution < -0.4 is 10.6 Å². The van der Waals surface area contributed by atoms with Crippen LogP contribution >= 0.6 is 0 Å². The number of hydrogen-bond donors (Lipinski definition) is 2. The maximum Gasteiger partial charge on any atom is 0.127 e. The lowest BCUT2D eigenvalue weighted by atomic mass is 9.76. The number of rotatable bonds is 2. The summed E-state index contributed by atoms with van der Waals surface area (Å²) in [4.78, 5) is 7.44. The third-order valence-corrected chi connectivity index (χ3v) is 5.54. The van der Waals surface area contributed by atoms with Gasteiger partial charge in [-0.15, -0.1) is 0 Å². The van der Waals surface area contributed by atoms with Crippen molar-refractivity contribution in [1.29, 1.82) is 0 Å². The van der Waals surface area contributed by atoms with Crippen molar-refractivity contribution in [2.24, 2.45) is 10.9 Å². The van der Waals surface area contributed by atoms with Gasteiger partial charge in [-0.3, -0.25) is 4.99 Å². The summed E-state index contributed by atoms with van der Waals surface area (Å²) in [5.41, 5.74) is 3.42. The Morgan fingerprint density at radius 2 is 1.80 bits per heavy atom. The highest BCUT2D eigenvalue weighted by molar-refractivity contribution is 6.09. The highest BCUT2D eigenvalue weighted by Crippen LogP contribution is 2.39. The van der Waals surface area contributed by atoms with Gasteiger partial charge in [0, 0.05) is 13.1 Å². The highest BCUT2D eigenvalue weighted by Gasteiger charge is 2.46. The fraction of sp³-hybridized carbons (Fsp3) is 0.381. The molecule has 0 amide bonds. The number of likely N-dealkylation sites (tertiary alicyclic amines) is 1. The van der Waals surface area contributed by atoms with Crippen LogP contribution in [0, 0.1) is 5.92 Å². The van der Waals surface area contributed by atoms with Gasteiger partial charge in [0.25, 0.3) is 0 Å². The normalized spacial score (nSPS) is 27.6. The van der Waals surface area contributed by atoms with Gasteiger partial charge in [-0.1, -0.05) is 49.4 Å². The molecule has 0 saturated carbocycles. The molecule has 0 bridgehead atoms. The Hall–Kier alpha value is -2.33. The summed E-state index contributed by atoms with van der Waals surface area (Å²) in [6, 6.07) is 18.9. The number of benzene rings is 2. The molecule has 2 aromatic rings. The third-order valence-electron chi connectivity index (χ3n) is 5.54. The molecular formula is C21H26N4. The van der Waals surface area contributed by atoms with Gasteiger partial charge in [-0.25, -0.2) is 0 Å². The summed E-state index contributed by atoms with van der Waals surface area (Å²) < 4.78 is 0. The number of fused-ring (bicyclic) bond motifs is 1. The number of anilines is 2. The van der Waals surface area contributed by atoms with E-state index in [1.807, 2.05) is 6.07 Å². The predicted molar refractivity (Wildman–Crippen MR) is 105 cm³/mol. The molecule has 4 heteroatoms. The zero-order valence-electron chi connectivity index (χ0n) is 15.0. The molecular weight excluding hydrogens is 308 g/mol. The average Bonchev–Trinajstić information content (AvgIpc) is 2.64. The van der Waals surface area contributed by atoms with E-state index < -0.39 is 0 Å². The van der Waals surface area contributed by atoms with Crippen LogP contribution in [0.15, 0.2) is 59.6 Å². The molecule has 2 aliphatic rings. The lowest BCUT2D eigenvalue weighted by molar-refractivity contribution is 0.178. The van der Waals surface area contributed by atoms with Gasteiger partial charge >= 0.3 is 0 Å². The smallest absolute Gasteiger partial charge is 0.127 e. The molecule has 0 radical (unpaired) electrons. The summed E-state index contributed by atoms with van der Waals surface area (Å²) in [7, 11) is 2.20. The Bertz CT molecular complexity index is 770. The van der Waals surface area contributed by atoms with Crippen LogP contribution in [0.1, 0.15) is 18.9 Å². The standard InChI is InChI=1S/C21H26N4/c1-16-15-25(2)13-12-21(16)20(22-14-17-8-4-3-5-9-17)23-18-10-6-7-11-19(18)24-21/h3-11,16,24H,12-15H2,1-2H3,(H,22,23). The van der Waals surface area contributed by atoms with Gasteiger partial charge in [-0.2, -0.15) is 0 Å². The van der Waals surface area contributed by atoms with E-state index in [1.165, 1.54) is 11.3 Å². The highest BCUT2D eigenvalue weighted by atomic mass is 15.2. The first-order chi connectivity index (χ1) is 12.2. The monoisotopic (exact) mass is 334 g/mol. The molecule has 2 unspecified atom stereocenters. The molecule has 2 atom stereocenters. The number of nitrogens with one attached hydrogen (secondary N) is 2. The Balaban J connectivity index is 1.71. The zero-order valence-corrected chi connectivity index (χ0v) is 15.0. The molecule has 25 heavy (non-hydrogen) atoms. The van der Waals surface area contributed by atoms with Gasteiger partial charge in [0.1, 0.15) is 11.4 Å². The van der Waals surface area contributed by atoms with E-state index in [9.17, 15) is 0 Å². The molecule has 0 aliphatic carbocycles. The number of hydrogen-bond acceptors (Lipinski definition) is 3. The average molecular weight is 334 g/mol. The fourth-order valence-electron chi connectivity index (χ4n) is 4.04. The van der Waals surface area contributed by atoms with Crippen molar-refractivity contribution < 1.29 is 0 Å². The van der Waals surface area contributed by atoms with Crippen molar-refractivity contribution in [2.45, 2.75) is 25.4 Å². The van der Waals surface area contributed by atoms with E-state index in [2.05, 4.69) is 78.0 Å². The SMILES string of the molecule is CC1CN(C)CCC12Nc1ccccc1NC2=NCc1ccccc1. The number of aliphatic imine (C=N–C) groups is 1. The molecule has 2 N–H and O–H groups in total. The van der Waals surface area contributed by atoms with Gasteiger partial charge in [0.05, 0.1) is 17.9 Å². The van der Waals surface area contributed by atoms with E-state index in [1.54, 1.807) is 0 Å². The predicted octanol–water partition coefficient (Wildman–Crippen LogP) is 3.83. The first kappa shape index (κ1) is 16.2. The number of amidine groups is 1. The minimum absolute atomic E-state index is 0.115. The summed E-state index contributed by atoms with van der Waals surface area (Å²) >= 11 is 0. The van der Waals surface area contributed by atoms with Gasteiger partial charge in [-0.05, 0) is 37.1 Å². The quantitative estimate of drug-likeness (QED) is 0.877. The Morgan fingerprint density at radius 1 is 1.08 bits per heavy atom. The molecule has 4 nitrogen and oxygen atoms in total. The largest absolute Gasteiger partial charge is 0.371 e. The maximum atomic E-state index is 5.03. The molecule has 2 aromatic carbocycles. The topological polar surface area (TPSA) is 39.7 Å². The van der Waals surface area contributed by atoms with Crippen LogP contribution in [-0.2, 0) is 6.54 Å². The van der Waals surface area contributed by atoms with Gasteiger partial charge < -0.3 is 15.5 Å². The van der Waals surface area contributed by atoms with Crippen LogP contribution in [0.3, 0.4) is 0 Å². The summed E-state index contributed by atoms with van der Waals surface area (Å²) in [6.07, 6.45) is 1.06.